The predicted molar refractivity (Wildman–Crippen MR) is 84.6 cm³/mol. The number of para-hydroxylation sites is 1. The number of aromatic nitrogens is 2. The monoisotopic (exact) mass is 302 g/mol. The fourth-order valence-corrected chi connectivity index (χ4v) is 3.06. The molecule has 0 bridgehead atoms. The zero-order valence-electron chi connectivity index (χ0n) is 12.8. The molecule has 0 spiro atoms. The maximum atomic E-state index is 11.6. The minimum absolute atomic E-state index is 0.161. The third kappa shape index (κ3) is 3.39. The number of rotatable bonds is 4. The SMILES string of the molecule is CCOC(=O)NC1CCCN(Cc2cccc3cn[nH]c23)C1. The molecule has 1 atom stereocenters. The number of amides is 1. The first-order valence-electron chi connectivity index (χ1n) is 7.83. The number of aromatic amines is 1. The average molecular weight is 302 g/mol. The van der Waals surface area contributed by atoms with Gasteiger partial charge in [0, 0.05) is 24.5 Å². The molecule has 0 aliphatic carbocycles. The fraction of sp³-hybridized carbons (Fsp3) is 0.500. The van der Waals surface area contributed by atoms with Crippen molar-refractivity contribution in [2.75, 3.05) is 19.7 Å². The third-order valence-electron chi connectivity index (χ3n) is 4.06. The Hall–Kier alpha value is -2.08. The van der Waals surface area contributed by atoms with E-state index in [1.165, 1.54) is 5.56 Å². The number of nitrogens with one attached hydrogen (secondary N) is 2. The van der Waals surface area contributed by atoms with Gasteiger partial charge in [-0.3, -0.25) is 10.00 Å². The first-order chi connectivity index (χ1) is 10.8. The van der Waals surface area contributed by atoms with Crippen LogP contribution in [-0.4, -0.2) is 46.9 Å². The number of alkyl carbamates (subject to hydrolysis) is 1. The van der Waals surface area contributed by atoms with Gasteiger partial charge < -0.3 is 10.1 Å². The molecule has 3 rings (SSSR count). The molecule has 2 aromatic rings. The van der Waals surface area contributed by atoms with Crippen molar-refractivity contribution in [3.8, 4) is 0 Å². The summed E-state index contributed by atoms with van der Waals surface area (Å²) >= 11 is 0. The standard InChI is InChI=1S/C16H22N4O2/c1-2-22-16(21)18-14-7-4-8-20(11-14)10-13-6-3-5-12-9-17-19-15(12)13/h3,5-6,9,14H,2,4,7-8,10-11H2,1H3,(H,17,19)(H,18,21). The number of carbonyl (C=O) groups excluding carboxylic acids is 1. The first-order valence-corrected chi connectivity index (χ1v) is 7.83. The molecule has 2 N–H and O–H groups in total. The molecule has 1 aliphatic rings. The van der Waals surface area contributed by atoms with Crippen molar-refractivity contribution in [1.29, 1.82) is 0 Å². The Bertz CT molecular complexity index is 640. The number of likely N-dealkylation sites (tertiary alicyclic amines) is 1. The van der Waals surface area contributed by atoms with Crippen LogP contribution >= 0.6 is 0 Å². The number of piperidine rings is 1. The van der Waals surface area contributed by atoms with E-state index < -0.39 is 0 Å². The number of H-pyrrole nitrogens is 1. The molecule has 1 unspecified atom stereocenters. The topological polar surface area (TPSA) is 70.2 Å². The van der Waals surface area contributed by atoms with E-state index >= 15 is 0 Å². The van der Waals surface area contributed by atoms with Crippen LogP contribution in [-0.2, 0) is 11.3 Å². The molecular formula is C16H22N4O2. The molecule has 6 nitrogen and oxygen atoms in total. The van der Waals surface area contributed by atoms with Crippen LogP contribution in [0.4, 0.5) is 4.79 Å². The second-order valence-electron chi connectivity index (χ2n) is 5.69. The van der Waals surface area contributed by atoms with E-state index in [1.807, 2.05) is 13.1 Å². The summed E-state index contributed by atoms with van der Waals surface area (Å²) in [6.07, 6.45) is 3.62. The van der Waals surface area contributed by atoms with Crippen molar-refractivity contribution in [3.05, 3.63) is 30.0 Å². The first kappa shape index (κ1) is 14.8. The van der Waals surface area contributed by atoms with Crippen molar-refractivity contribution in [2.24, 2.45) is 0 Å². The third-order valence-corrected chi connectivity index (χ3v) is 4.06. The quantitative estimate of drug-likeness (QED) is 0.909. The van der Waals surface area contributed by atoms with E-state index in [-0.39, 0.29) is 12.1 Å². The van der Waals surface area contributed by atoms with Crippen LogP contribution in [0.15, 0.2) is 24.4 Å². The molecule has 1 saturated heterocycles. The average Bonchev–Trinajstić information content (AvgIpc) is 2.97. The molecule has 1 aromatic heterocycles. The number of hydrogen-bond acceptors (Lipinski definition) is 4. The summed E-state index contributed by atoms with van der Waals surface area (Å²) in [5, 5.41) is 11.3. The van der Waals surface area contributed by atoms with Gasteiger partial charge in [0.15, 0.2) is 0 Å². The van der Waals surface area contributed by atoms with Crippen molar-refractivity contribution >= 4 is 17.0 Å². The highest BCUT2D eigenvalue weighted by Crippen LogP contribution is 2.19. The highest BCUT2D eigenvalue weighted by atomic mass is 16.5. The zero-order valence-corrected chi connectivity index (χ0v) is 12.8. The Balaban J connectivity index is 1.63. The van der Waals surface area contributed by atoms with Gasteiger partial charge in [0.25, 0.3) is 0 Å². The number of hydrogen-bond donors (Lipinski definition) is 2. The lowest BCUT2D eigenvalue weighted by Crippen LogP contribution is -2.47. The lowest BCUT2D eigenvalue weighted by Gasteiger charge is -2.32. The Kier molecular flexibility index (Phi) is 4.58. The molecule has 1 aliphatic heterocycles. The largest absolute Gasteiger partial charge is 0.450 e. The van der Waals surface area contributed by atoms with Crippen molar-refractivity contribution in [3.63, 3.8) is 0 Å². The van der Waals surface area contributed by atoms with Crippen LogP contribution in [0.3, 0.4) is 0 Å². The van der Waals surface area contributed by atoms with Crippen LogP contribution in [0.25, 0.3) is 10.9 Å². The molecule has 118 valence electrons. The number of ether oxygens (including phenoxy) is 1. The van der Waals surface area contributed by atoms with E-state index in [1.54, 1.807) is 0 Å². The molecule has 1 fully saturated rings. The van der Waals surface area contributed by atoms with E-state index in [0.717, 1.165) is 43.4 Å². The van der Waals surface area contributed by atoms with Gasteiger partial charge in [0.1, 0.15) is 0 Å². The number of carbonyl (C=O) groups is 1. The van der Waals surface area contributed by atoms with Gasteiger partial charge in [0.2, 0.25) is 0 Å². The maximum absolute atomic E-state index is 11.6. The maximum Gasteiger partial charge on any atom is 0.407 e. The van der Waals surface area contributed by atoms with Gasteiger partial charge in [-0.25, -0.2) is 4.79 Å². The van der Waals surface area contributed by atoms with Crippen molar-refractivity contribution < 1.29 is 9.53 Å². The second kappa shape index (κ2) is 6.79. The Morgan fingerprint density at radius 3 is 3.32 bits per heavy atom. The Morgan fingerprint density at radius 1 is 1.55 bits per heavy atom. The second-order valence-corrected chi connectivity index (χ2v) is 5.69. The molecule has 0 radical (unpaired) electrons. The van der Waals surface area contributed by atoms with Crippen LogP contribution in [0, 0.1) is 0 Å². The van der Waals surface area contributed by atoms with Gasteiger partial charge >= 0.3 is 6.09 Å². The van der Waals surface area contributed by atoms with Crippen LogP contribution in [0.2, 0.25) is 0 Å². The van der Waals surface area contributed by atoms with Crippen molar-refractivity contribution in [1.82, 2.24) is 20.4 Å². The van der Waals surface area contributed by atoms with Gasteiger partial charge in [-0.2, -0.15) is 5.10 Å². The zero-order chi connectivity index (χ0) is 15.4. The van der Waals surface area contributed by atoms with Crippen LogP contribution in [0.1, 0.15) is 25.3 Å². The lowest BCUT2D eigenvalue weighted by atomic mass is 10.0. The van der Waals surface area contributed by atoms with E-state index in [0.29, 0.717) is 6.61 Å². The summed E-state index contributed by atoms with van der Waals surface area (Å²) < 4.78 is 4.96. The van der Waals surface area contributed by atoms with E-state index in [9.17, 15) is 4.79 Å². The number of fused-ring (bicyclic) bond motifs is 1. The smallest absolute Gasteiger partial charge is 0.407 e. The van der Waals surface area contributed by atoms with Crippen LogP contribution < -0.4 is 5.32 Å². The molecular weight excluding hydrogens is 280 g/mol. The van der Waals surface area contributed by atoms with E-state index in [4.69, 9.17) is 4.74 Å². The molecule has 1 amide bonds. The van der Waals surface area contributed by atoms with Crippen LogP contribution in [0.5, 0.6) is 0 Å². The fourth-order valence-electron chi connectivity index (χ4n) is 3.06. The molecule has 22 heavy (non-hydrogen) atoms. The minimum atomic E-state index is -0.315. The number of nitrogens with zero attached hydrogens (tertiary/aromatic N) is 2. The summed E-state index contributed by atoms with van der Waals surface area (Å²) in [6, 6.07) is 6.41. The highest BCUT2D eigenvalue weighted by Gasteiger charge is 2.22. The molecule has 2 heterocycles. The molecule has 0 saturated carbocycles. The van der Waals surface area contributed by atoms with Gasteiger partial charge in [-0.1, -0.05) is 18.2 Å². The Morgan fingerprint density at radius 2 is 2.45 bits per heavy atom. The van der Waals surface area contributed by atoms with E-state index in [2.05, 4.69) is 38.6 Å². The lowest BCUT2D eigenvalue weighted by molar-refractivity contribution is 0.132. The summed E-state index contributed by atoms with van der Waals surface area (Å²) in [5.41, 5.74) is 2.34. The van der Waals surface area contributed by atoms with Gasteiger partial charge in [-0.05, 0) is 31.9 Å². The molecule has 1 aromatic carbocycles. The summed E-state index contributed by atoms with van der Waals surface area (Å²) in [7, 11) is 0. The predicted octanol–water partition coefficient (Wildman–Crippen LogP) is 2.27. The van der Waals surface area contributed by atoms with Gasteiger partial charge in [-0.15, -0.1) is 0 Å². The van der Waals surface area contributed by atoms with Gasteiger partial charge in [0.05, 0.1) is 18.3 Å². The van der Waals surface area contributed by atoms with Crippen molar-refractivity contribution in [2.45, 2.75) is 32.4 Å². The normalized spacial score (nSPS) is 19.2. The molecule has 6 heteroatoms. The summed E-state index contributed by atoms with van der Waals surface area (Å²) in [4.78, 5) is 13.9. The Labute approximate surface area is 129 Å². The highest BCUT2D eigenvalue weighted by molar-refractivity contribution is 5.81. The summed E-state index contributed by atoms with van der Waals surface area (Å²) in [6.45, 7) is 4.98. The summed E-state index contributed by atoms with van der Waals surface area (Å²) in [5.74, 6) is 0. The number of benzene rings is 1. The minimum Gasteiger partial charge on any atom is -0.450 e.